The molecule has 0 saturated carbocycles. The fourth-order valence-electron chi connectivity index (χ4n) is 4.31. The summed E-state index contributed by atoms with van der Waals surface area (Å²) in [5, 5.41) is 11.1. The van der Waals surface area contributed by atoms with Crippen LogP contribution < -0.4 is 10.1 Å². The van der Waals surface area contributed by atoms with Gasteiger partial charge in [0.2, 0.25) is 5.70 Å². The number of rotatable bonds is 4. The zero-order chi connectivity index (χ0) is 24.4. The molecule has 0 bridgehead atoms. The van der Waals surface area contributed by atoms with Crippen LogP contribution in [-0.4, -0.2) is 60.6 Å². The van der Waals surface area contributed by atoms with Crippen molar-refractivity contribution in [1.29, 1.82) is 5.41 Å². The second kappa shape index (κ2) is 10.2. The maximum absolute atomic E-state index is 13.4. The molecule has 4 rings (SSSR count). The van der Waals surface area contributed by atoms with Gasteiger partial charge in [-0.1, -0.05) is 35.3 Å². The molecule has 2 saturated heterocycles. The van der Waals surface area contributed by atoms with Gasteiger partial charge in [0.05, 0.1) is 42.4 Å². The van der Waals surface area contributed by atoms with Gasteiger partial charge < -0.3 is 25.3 Å². The highest BCUT2D eigenvalue weighted by Crippen LogP contribution is 2.27. The minimum Gasteiger partial charge on any atom is -0.497 e. The second-order valence-corrected chi connectivity index (χ2v) is 9.31. The van der Waals surface area contributed by atoms with E-state index in [0.29, 0.717) is 65.2 Å². The molecule has 2 fully saturated rings. The van der Waals surface area contributed by atoms with Gasteiger partial charge in [-0.2, -0.15) is 0 Å². The first-order valence-electron chi connectivity index (χ1n) is 11.1. The minimum absolute atomic E-state index is 0.109. The molecule has 0 aliphatic carbocycles. The number of methoxy groups -OCH3 is 1. The van der Waals surface area contributed by atoms with Gasteiger partial charge in [0, 0.05) is 30.8 Å². The quantitative estimate of drug-likeness (QED) is 0.630. The van der Waals surface area contributed by atoms with Crippen LogP contribution in [0.2, 0.25) is 10.0 Å². The molecule has 2 heterocycles. The number of amides is 2. The molecule has 2 amide bonds. The van der Waals surface area contributed by atoms with E-state index in [9.17, 15) is 9.59 Å². The molecule has 0 radical (unpaired) electrons. The van der Waals surface area contributed by atoms with Crippen molar-refractivity contribution in [2.24, 2.45) is 0 Å². The average molecular weight is 502 g/mol. The molecule has 34 heavy (non-hydrogen) atoms. The number of halogens is 2. The van der Waals surface area contributed by atoms with Crippen molar-refractivity contribution in [2.75, 3.05) is 33.3 Å². The normalized spacial score (nSPS) is 18.9. The van der Waals surface area contributed by atoms with Crippen LogP contribution in [0, 0.1) is 12.3 Å². The van der Waals surface area contributed by atoms with Crippen molar-refractivity contribution < 1.29 is 19.6 Å². The Morgan fingerprint density at radius 3 is 2.56 bits per heavy atom. The second-order valence-electron chi connectivity index (χ2n) is 8.50. The Morgan fingerprint density at radius 1 is 1.15 bits per heavy atom. The highest BCUT2D eigenvalue weighted by Gasteiger charge is 2.35. The van der Waals surface area contributed by atoms with Gasteiger partial charge in [0.25, 0.3) is 5.91 Å². The lowest BCUT2D eigenvalue weighted by Crippen LogP contribution is -2.89. The number of aryl methyl sites for hydroxylation is 1. The molecule has 0 unspecified atom stereocenters. The van der Waals surface area contributed by atoms with E-state index in [0.717, 1.165) is 16.9 Å². The highest BCUT2D eigenvalue weighted by atomic mass is 35.5. The first-order chi connectivity index (χ1) is 16.3. The molecule has 2 aromatic rings. The van der Waals surface area contributed by atoms with Crippen molar-refractivity contribution in [1.82, 2.24) is 9.80 Å². The zero-order valence-electron chi connectivity index (χ0n) is 19.2. The summed E-state index contributed by atoms with van der Waals surface area (Å²) in [5.41, 5.74) is 3.76. The summed E-state index contributed by atoms with van der Waals surface area (Å²) in [6.45, 7) is 4.24. The number of hydrogen-bond donors (Lipinski definition) is 2. The Bertz CT molecular complexity index is 1180. The molecular formula is C25H27Cl2N4O3+. The Balaban J connectivity index is 1.56. The van der Waals surface area contributed by atoms with Crippen molar-refractivity contribution in [2.45, 2.75) is 19.9 Å². The Labute approximate surface area is 208 Å². The Hall–Kier alpha value is -2.87. The van der Waals surface area contributed by atoms with E-state index < -0.39 is 0 Å². The number of nitrogens with zero attached hydrogens (tertiary/aromatic N) is 2. The van der Waals surface area contributed by atoms with Crippen LogP contribution >= 0.6 is 23.2 Å². The number of nitrogens with two attached hydrogens (primary N) is 1. The van der Waals surface area contributed by atoms with Crippen molar-refractivity contribution in [3.63, 3.8) is 0 Å². The number of quaternary nitrogens is 1. The maximum atomic E-state index is 13.4. The number of piperazine rings is 1. The summed E-state index contributed by atoms with van der Waals surface area (Å²) in [5.74, 6) is 0.476. The average Bonchev–Trinajstić information content (AvgIpc) is 2.83. The number of piperidine rings is 1. The van der Waals surface area contributed by atoms with Crippen molar-refractivity contribution >= 4 is 40.7 Å². The largest absolute Gasteiger partial charge is 0.497 e. The molecule has 0 atom stereocenters. The molecule has 7 nitrogen and oxygen atoms in total. The predicted molar refractivity (Wildman–Crippen MR) is 132 cm³/mol. The molecule has 2 aromatic carbocycles. The number of likely N-dealkylation sites (tertiary alicyclic amines) is 1. The molecule has 178 valence electrons. The fraction of sp³-hybridized carbons (Fsp3) is 0.320. The summed E-state index contributed by atoms with van der Waals surface area (Å²) in [4.78, 5) is 30.1. The van der Waals surface area contributed by atoms with E-state index in [-0.39, 0.29) is 18.4 Å². The number of nitrogens with one attached hydrogen (secondary N) is 1. The van der Waals surface area contributed by atoms with Gasteiger partial charge in [0.1, 0.15) is 5.75 Å². The van der Waals surface area contributed by atoms with Crippen LogP contribution in [0.5, 0.6) is 5.75 Å². The third kappa shape index (κ3) is 4.97. The number of ether oxygens (including phenoxy) is 1. The van der Waals surface area contributed by atoms with Gasteiger partial charge in [-0.15, -0.1) is 0 Å². The molecule has 9 heteroatoms. The number of benzene rings is 2. The highest BCUT2D eigenvalue weighted by molar-refractivity contribution is 6.42. The smallest absolute Gasteiger partial charge is 0.308 e. The number of hydrogen-bond acceptors (Lipinski definition) is 4. The molecular weight excluding hydrogens is 475 g/mol. The summed E-state index contributed by atoms with van der Waals surface area (Å²) in [6.07, 6.45) is 0.393. The lowest BCUT2D eigenvalue weighted by Gasteiger charge is -2.33. The van der Waals surface area contributed by atoms with Crippen LogP contribution in [0.1, 0.15) is 27.9 Å². The monoisotopic (exact) mass is 501 g/mol. The van der Waals surface area contributed by atoms with Crippen LogP contribution in [-0.2, 0) is 11.3 Å². The van der Waals surface area contributed by atoms with Gasteiger partial charge in [0.15, 0.2) is 0 Å². The van der Waals surface area contributed by atoms with E-state index in [1.807, 2.05) is 36.5 Å². The third-order valence-corrected chi connectivity index (χ3v) is 6.97. The van der Waals surface area contributed by atoms with E-state index in [4.69, 9.17) is 33.3 Å². The van der Waals surface area contributed by atoms with Crippen LogP contribution in [0.3, 0.4) is 0 Å². The fourth-order valence-corrected chi connectivity index (χ4v) is 4.69. The lowest BCUT2D eigenvalue weighted by atomic mass is 9.97. The molecule has 3 N–H and O–H groups in total. The third-order valence-electron chi connectivity index (χ3n) is 6.25. The van der Waals surface area contributed by atoms with Gasteiger partial charge >= 0.3 is 5.91 Å². The lowest BCUT2D eigenvalue weighted by molar-refractivity contribution is -0.606. The summed E-state index contributed by atoms with van der Waals surface area (Å²) >= 11 is 12.2. The van der Waals surface area contributed by atoms with Crippen LogP contribution in [0.4, 0.5) is 0 Å². The molecule has 0 spiro atoms. The maximum Gasteiger partial charge on any atom is 0.308 e. The molecule has 2 aliphatic heterocycles. The van der Waals surface area contributed by atoms with Gasteiger partial charge in [-0.3, -0.25) is 9.59 Å². The predicted octanol–water partition coefficient (Wildman–Crippen LogP) is 3.04. The standard InChI is InChI=1S/C25H26Cl2N4O3/c1-15-11-20(26)21(27)12-18(15)24(32)30-9-7-22(28)19(14-30)23-25(33)31(10-8-29-23)13-16-3-5-17(34-2)6-4-16/h3-6,11-12,28-29H,7-10,13-14H2,1-2H3/p+1/b23-19-,28-22?. The first kappa shape index (κ1) is 24.3. The summed E-state index contributed by atoms with van der Waals surface area (Å²) < 4.78 is 5.21. The van der Waals surface area contributed by atoms with Crippen molar-refractivity contribution in [3.8, 4) is 5.75 Å². The topological polar surface area (TPSA) is 90.3 Å². The Morgan fingerprint density at radius 2 is 1.85 bits per heavy atom. The molecule has 2 aliphatic rings. The van der Waals surface area contributed by atoms with Crippen LogP contribution in [0.15, 0.2) is 47.7 Å². The van der Waals surface area contributed by atoms with E-state index >= 15 is 0 Å². The van der Waals surface area contributed by atoms with E-state index in [1.54, 1.807) is 29.0 Å². The van der Waals surface area contributed by atoms with E-state index in [1.165, 1.54) is 0 Å². The SMILES string of the molecule is COc1ccc(CN2CC[NH2+]/C(=C3/CN(C(=O)c4cc(Cl)c(Cl)cc4C)CCC3=N)C2=O)cc1. The van der Waals surface area contributed by atoms with E-state index in [2.05, 4.69) is 0 Å². The summed E-state index contributed by atoms with van der Waals surface area (Å²) in [6, 6.07) is 10.9. The Kier molecular flexibility index (Phi) is 7.26. The minimum atomic E-state index is -0.181. The number of carbonyl (C=O) groups is 2. The zero-order valence-corrected chi connectivity index (χ0v) is 20.7. The first-order valence-corrected chi connectivity index (χ1v) is 11.9. The molecule has 0 aromatic heterocycles. The number of carbonyl (C=O) groups excluding carboxylic acids is 2. The summed E-state index contributed by atoms with van der Waals surface area (Å²) in [7, 11) is 1.62. The van der Waals surface area contributed by atoms with Gasteiger partial charge in [-0.25, -0.2) is 0 Å². The van der Waals surface area contributed by atoms with Gasteiger partial charge in [-0.05, 0) is 42.3 Å². The van der Waals surface area contributed by atoms with Crippen LogP contribution in [0.25, 0.3) is 0 Å². The van der Waals surface area contributed by atoms with Crippen molar-refractivity contribution in [3.05, 3.63) is 74.4 Å².